The molecular weight excluding hydrogens is 294 g/mol. The van der Waals surface area contributed by atoms with E-state index in [0.29, 0.717) is 12.5 Å². The van der Waals surface area contributed by atoms with Crippen LogP contribution in [0.15, 0.2) is 0 Å². The summed E-state index contributed by atoms with van der Waals surface area (Å²) in [6.07, 6.45) is 0.976. The number of halogens is 1. The highest BCUT2D eigenvalue weighted by Crippen LogP contribution is 2.17. The van der Waals surface area contributed by atoms with Gasteiger partial charge >= 0.3 is 6.01 Å². The lowest BCUT2D eigenvalue weighted by Gasteiger charge is -2.21. The first-order valence-corrected chi connectivity index (χ1v) is 7.62. The average molecular weight is 316 g/mol. The molecule has 0 amide bonds. The summed E-state index contributed by atoms with van der Waals surface area (Å²) >= 11 is 5.96. The first-order valence-electron chi connectivity index (χ1n) is 7.25. The number of hydrogen-bond acceptors (Lipinski definition) is 7. The molecule has 0 spiro atoms. The molecule has 1 fully saturated rings. The second-order valence-corrected chi connectivity index (χ2v) is 5.60. The molecule has 118 valence electrons. The molecule has 0 aromatic carbocycles. The predicted molar refractivity (Wildman–Crippen MR) is 81.0 cm³/mol. The van der Waals surface area contributed by atoms with Crippen molar-refractivity contribution >= 4 is 17.5 Å². The Hall–Kier alpha value is -1.18. The molecule has 0 bridgehead atoms. The van der Waals surface area contributed by atoms with Crippen LogP contribution in [0.2, 0.25) is 5.28 Å². The number of β-amino-alcohol motifs (C(OH)–C–C–N with tert-alkyl or cyclic N) is 1. The van der Waals surface area contributed by atoms with Crippen molar-refractivity contribution in [3.05, 3.63) is 5.28 Å². The zero-order valence-corrected chi connectivity index (χ0v) is 13.3. The highest BCUT2D eigenvalue weighted by Gasteiger charge is 2.18. The molecule has 0 saturated carbocycles. The maximum Gasteiger partial charge on any atom is 0.322 e. The molecule has 1 N–H and O–H groups in total. The topological polar surface area (TPSA) is 74.6 Å². The maximum absolute atomic E-state index is 9.03. The fraction of sp³-hybridized carbons (Fsp3) is 0.769. The third-order valence-electron chi connectivity index (χ3n) is 3.20. The van der Waals surface area contributed by atoms with Crippen molar-refractivity contribution in [3.63, 3.8) is 0 Å². The summed E-state index contributed by atoms with van der Waals surface area (Å²) in [5.74, 6) is 0.552. The molecule has 0 unspecified atom stereocenters. The van der Waals surface area contributed by atoms with Gasteiger partial charge in [0.25, 0.3) is 0 Å². The molecule has 0 aliphatic carbocycles. The normalized spacial score (nSPS) is 17.1. The van der Waals surface area contributed by atoms with Crippen LogP contribution in [-0.4, -0.2) is 70.4 Å². The second kappa shape index (κ2) is 7.72. The van der Waals surface area contributed by atoms with E-state index in [1.165, 1.54) is 0 Å². The maximum atomic E-state index is 9.03. The Morgan fingerprint density at radius 2 is 2.00 bits per heavy atom. The predicted octanol–water partition coefficient (Wildman–Crippen LogP) is 0.817. The van der Waals surface area contributed by atoms with Crippen LogP contribution in [0.4, 0.5) is 5.95 Å². The summed E-state index contributed by atoms with van der Waals surface area (Å²) in [6.45, 7) is 8.18. The molecule has 21 heavy (non-hydrogen) atoms. The fourth-order valence-electron chi connectivity index (χ4n) is 2.26. The fourth-order valence-corrected chi connectivity index (χ4v) is 2.41. The highest BCUT2D eigenvalue weighted by molar-refractivity contribution is 6.28. The Morgan fingerprint density at radius 3 is 2.71 bits per heavy atom. The SMILES string of the molecule is CC(C)Oc1nc(Cl)nc(N2CCCN(CCO)CC2)n1. The van der Waals surface area contributed by atoms with Gasteiger partial charge in [0.2, 0.25) is 11.2 Å². The number of hydrogen-bond donors (Lipinski definition) is 1. The number of aliphatic hydroxyl groups excluding tert-OH is 1. The summed E-state index contributed by atoms with van der Waals surface area (Å²) in [6, 6.07) is 0.261. The lowest BCUT2D eigenvalue weighted by Crippen LogP contribution is -2.33. The minimum Gasteiger partial charge on any atom is -0.461 e. The first-order chi connectivity index (χ1) is 10.1. The van der Waals surface area contributed by atoms with E-state index in [0.717, 1.165) is 32.6 Å². The van der Waals surface area contributed by atoms with Crippen LogP contribution in [-0.2, 0) is 0 Å². The lowest BCUT2D eigenvalue weighted by atomic mass is 10.4. The van der Waals surface area contributed by atoms with E-state index in [4.69, 9.17) is 21.4 Å². The van der Waals surface area contributed by atoms with Crippen molar-refractivity contribution < 1.29 is 9.84 Å². The quantitative estimate of drug-likeness (QED) is 0.862. The van der Waals surface area contributed by atoms with Gasteiger partial charge in [-0.3, -0.25) is 4.90 Å². The average Bonchev–Trinajstić information content (AvgIpc) is 2.63. The van der Waals surface area contributed by atoms with Crippen LogP contribution in [0.5, 0.6) is 6.01 Å². The molecule has 1 aliphatic rings. The molecule has 1 saturated heterocycles. The molecule has 0 radical (unpaired) electrons. The van der Waals surface area contributed by atoms with Gasteiger partial charge in [-0.25, -0.2) is 0 Å². The lowest BCUT2D eigenvalue weighted by molar-refractivity contribution is 0.204. The van der Waals surface area contributed by atoms with E-state index in [-0.39, 0.29) is 24.0 Å². The van der Waals surface area contributed by atoms with Gasteiger partial charge < -0.3 is 14.7 Å². The smallest absolute Gasteiger partial charge is 0.322 e. The number of aliphatic hydroxyl groups is 1. The summed E-state index contributed by atoms with van der Waals surface area (Å²) in [5, 5.41) is 9.17. The summed E-state index contributed by atoms with van der Waals surface area (Å²) in [5.41, 5.74) is 0. The van der Waals surface area contributed by atoms with Gasteiger partial charge in [-0.1, -0.05) is 0 Å². The molecule has 2 rings (SSSR count). The minimum absolute atomic E-state index is 0.0134. The molecule has 0 atom stereocenters. The van der Waals surface area contributed by atoms with Gasteiger partial charge in [0.05, 0.1) is 12.7 Å². The molecule has 8 heteroatoms. The number of anilines is 1. The Kier molecular flexibility index (Phi) is 5.96. The number of rotatable bonds is 5. The summed E-state index contributed by atoms with van der Waals surface area (Å²) in [7, 11) is 0. The third kappa shape index (κ3) is 4.94. The van der Waals surface area contributed by atoms with Crippen molar-refractivity contribution in [2.75, 3.05) is 44.2 Å². The van der Waals surface area contributed by atoms with Crippen molar-refractivity contribution in [2.24, 2.45) is 0 Å². The molecule has 1 aromatic rings. The Bertz CT molecular complexity index is 460. The molecule has 2 heterocycles. The Labute approximate surface area is 129 Å². The zero-order valence-electron chi connectivity index (χ0n) is 12.5. The van der Waals surface area contributed by atoms with Gasteiger partial charge in [0, 0.05) is 26.2 Å². The number of ether oxygens (including phenoxy) is 1. The van der Waals surface area contributed by atoms with Gasteiger partial charge in [0.15, 0.2) is 0 Å². The van der Waals surface area contributed by atoms with Crippen molar-refractivity contribution in [1.29, 1.82) is 0 Å². The van der Waals surface area contributed by atoms with Gasteiger partial charge in [-0.05, 0) is 38.4 Å². The largest absolute Gasteiger partial charge is 0.461 e. The van der Waals surface area contributed by atoms with Gasteiger partial charge in [0.1, 0.15) is 0 Å². The zero-order chi connectivity index (χ0) is 15.2. The van der Waals surface area contributed by atoms with E-state index >= 15 is 0 Å². The van der Waals surface area contributed by atoms with Crippen LogP contribution in [0, 0.1) is 0 Å². The van der Waals surface area contributed by atoms with E-state index in [1.807, 2.05) is 13.8 Å². The molecular formula is C13H22ClN5O2. The van der Waals surface area contributed by atoms with Crippen molar-refractivity contribution in [3.8, 4) is 6.01 Å². The number of nitrogens with zero attached hydrogens (tertiary/aromatic N) is 5. The first kappa shape index (κ1) is 16.2. The van der Waals surface area contributed by atoms with E-state index in [1.54, 1.807) is 0 Å². The second-order valence-electron chi connectivity index (χ2n) is 5.26. The van der Waals surface area contributed by atoms with Crippen LogP contribution in [0.25, 0.3) is 0 Å². The molecule has 1 aliphatic heterocycles. The van der Waals surface area contributed by atoms with Crippen LogP contribution in [0.3, 0.4) is 0 Å². The van der Waals surface area contributed by atoms with E-state index in [2.05, 4.69) is 24.8 Å². The van der Waals surface area contributed by atoms with Crippen molar-refractivity contribution in [1.82, 2.24) is 19.9 Å². The third-order valence-corrected chi connectivity index (χ3v) is 3.37. The Balaban J connectivity index is 2.08. The Morgan fingerprint density at radius 1 is 1.19 bits per heavy atom. The molecule has 1 aromatic heterocycles. The summed E-state index contributed by atoms with van der Waals surface area (Å²) in [4.78, 5) is 16.8. The standard InChI is InChI=1S/C13H22ClN5O2/c1-10(2)21-13-16-11(14)15-12(17-13)19-5-3-4-18(6-7-19)8-9-20/h10,20H,3-9H2,1-2H3. The van der Waals surface area contributed by atoms with Gasteiger partial charge in [-0.15, -0.1) is 0 Å². The monoisotopic (exact) mass is 315 g/mol. The van der Waals surface area contributed by atoms with E-state index < -0.39 is 0 Å². The van der Waals surface area contributed by atoms with E-state index in [9.17, 15) is 0 Å². The van der Waals surface area contributed by atoms with Crippen LogP contribution >= 0.6 is 11.6 Å². The molecule has 7 nitrogen and oxygen atoms in total. The van der Waals surface area contributed by atoms with Gasteiger partial charge in [-0.2, -0.15) is 15.0 Å². The highest BCUT2D eigenvalue weighted by atomic mass is 35.5. The summed E-state index contributed by atoms with van der Waals surface area (Å²) < 4.78 is 5.50. The van der Waals surface area contributed by atoms with Crippen LogP contribution < -0.4 is 9.64 Å². The van der Waals surface area contributed by atoms with Crippen molar-refractivity contribution in [2.45, 2.75) is 26.4 Å². The minimum atomic E-state index is -0.0134. The van der Waals surface area contributed by atoms with Crippen LogP contribution in [0.1, 0.15) is 20.3 Å². The number of aromatic nitrogens is 3.